The topological polar surface area (TPSA) is 125 Å². The van der Waals surface area contributed by atoms with Crippen molar-refractivity contribution in [2.45, 2.75) is 0 Å². The molecule has 2 aromatic carbocycles. The predicted octanol–water partition coefficient (Wildman–Crippen LogP) is 2.43. The van der Waals surface area contributed by atoms with Crippen LogP contribution in [0.5, 0.6) is 17.2 Å². The number of hydrogen-bond donors (Lipinski definition) is 2. The molecule has 0 aliphatic rings. The number of aliphatic carboxylic acids is 1. The van der Waals surface area contributed by atoms with Gasteiger partial charge >= 0.3 is 5.97 Å². The van der Waals surface area contributed by atoms with Crippen LogP contribution in [0.15, 0.2) is 36.4 Å². The Morgan fingerprint density at radius 3 is 2.19 bits per heavy atom. The maximum Gasteiger partial charge on any atom is 0.322 e. The molecule has 0 aliphatic carbocycles. The van der Waals surface area contributed by atoms with Crippen molar-refractivity contribution in [3.05, 3.63) is 47.2 Å². The van der Waals surface area contributed by atoms with Crippen molar-refractivity contribution in [1.29, 1.82) is 0 Å². The van der Waals surface area contributed by atoms with E-state index in [0.29, 0.717) is 39.3 Å². The molecule has 0 saturated carbocycles. The largest absolute Gasteiger partial charge is 0.493 e. The van der Waals surface area contributed by atoms with Crippen LogP contribution in [0.3, 0.4) is 0 Å². The molecule has 3 rings (SSSR count). The molecule has 0 unspecified atom stereocenters. The number of aromatic nitrogens is 3. The predicted molar refractivity (Wildman–Crippen MR) is 111 cm³/mol. The molecule has 0 spiro atoms. The Morgan fingerprint density at radius 1 is 1.06 bits per heavy atom. The first kappa shape index (κ1) is 21.9. The van der Waals surface area contributed by atoms with Gasteiger partial charge in [-0.05, 0) is 36.4 Å². The molecule has 0 saturated heterocycles. The molecule has 3 aromatic rings. The van der Waals surface area contributed by atoms with Gasteiger partial charge in [0.15, 0.2) is 17.3 Å². The molecule has 0 bridgehead atoms. The fourth-order valence-corrected chi connectivity index (χ4v) is 2.93. The van der Waals surface area contributed by atoms with Crippen molar-refractivity contribution >= 4 is 23.5 Å². The van der Waals surface area contributed by atoms with Crippen molar-refractivity contribution in [3.8, 4) is 34.3 Å². The lowest BCUT2D eigenvalue weighted by atomic mass is 10.1. The van der Waals surface area contributed by atoms with E-state index in [2.05, 4.69) is 15.4 Å². The highest BCUT2D eigenvalue weighted by Gasteiger charge is 2.22. The van der Waals surface area contributed by atoms with Gasteiger partial charge in [-0.25, -0.2) is 9.67 Å². The van der Waals surface area contributed by atoms with Gasteiger partial charge in [-0.1, -0.05) is 11.6 Å². The summed E-state index contributed by atoms with van der Waals surface area (Å²) < 4.78 is 17.6. The van der Waals surface area contributed by atoms with Crippen LogP contribution in [0, 0.1) is 0 Å². The van der Waals surface area contributed by atoms with Gasteiger partial charge in [-0.2, -0.15) is 0 Å². The van der Waals surface area contributed by atoms with E-state index in [1.165, 1.54) is 26.0 Å². The molecule has 0 radical (unpaired) electrons. The molecule has 1 heterocycles. The Kier molecular flexibility index (Phi) is 6.61. The molecule has 11 heteroatoms. The van der Waals surface area contributed by atoms with Crippen LogP contribution < -0.4 is 19.5 Å². The number of ether oxygens (including phenoxy) is 3. The smallest absolute Gasteiger partial charge is 0.322 e. The zero-order chi connectivity index (χ0) is 22.5. The number of nitrogens with one attached hydrogen (secondary N) is 1. The van der Waals surface area contributed by atoms with E-state index in [0.717, 1.165) is 0 Å². The number of carboxylic acid groups (broad SMARTS) is 1. The highest BCUT2D eigenvalue weighted by atomic mass is 35.5. The summed E-state index contributed by atoms with van der Waals surface area (Å²) in [7, 11) is 4.45. The molecular weight excluding hydrogens is 428 g/mol. The van der Waals surface area contributed by atoms with Crippen LogP contribution in [0.25, 0.3) is 17.1 Å². The number of benzene rings is 2. The van der Waals surface area contributed by atoms with Crippen molar-refractivity contribution < 1.29 is 28.9 Å². The van der Waals surface area contributed by atoms with Gasteiger partial charge in [0.1, 0.15) is 6.54 Å². The van der Waals surface area contributed by atoms with Crippen molar-refractivity contribution in [1.82, 2.24) is 20.1 Å². The summed E-state index contributed by atoms with van der Waals surface area (Å²) in [6, 6.07) is 10.1. The quantitative estimate of drug-likeness (QED) is 0.540. The molecule has 1 aromatic heterocycles. The highest BCUT2D eigenvalue weighted by molar-refractivity contribution is 6.30. The first-order valence-electron chi connectivity index (χ1n) is 8.91. The zero-order valence-electron chi connectivity index (χ0n) is 16.9. The monoisotopic (exact) mass is 446 g/mol. The minimum Gasteiger partial charge on any atom is -0.493 e. The first-order chi connectivity index (χ1) is 14.9. The van der Waals surface area contributed by atoms with Crippen LogP contribution in [-0.2, 0) is 4.79 Å². The lowest BCUT2D eigenvalue weighted by Crippen LogP contribution is -2.30. The van der Waals surface area contributed by atoms with Gasteiger partial charge in [0, 0.05) is 10.6 Å². The number of hydrogen-bond acceptors (Lipinski definition) is 7. The molecular formula is C20H19ClN4O6. The van der Waals surface area contributed by atoms with Gasteiger partial charge in [-0.3, -0.25) is 9.59 Å². The third-order valence-corrected chi connectivity index (χ3v) is 4.46. The second kappa shape index (κ2) is 9.35. The number of nitrogens with zero attached hydrogens (tertiary/aromatic N) is 3. The van der Waals surface area contributed by atoms with Crippen LogP contribution in [0.2, 0.25) is 5.02 Å². The average molecular weight is 447 g/mol. The van der Waals surface area contributed by atoms with E-state index < -0.39 is 18.4 Å². The van der Waals surface area contributed by atoms with Crippen LogP contribution in [-0.4, -0.2) is 59.6 Å². The van der Waals surface area contributed by atoms with E-state index in [9.17, 15) is 9.59 Å². The lowest BCUT2D eigenvalue weighted by Gasteiger charge is -2.14. The summed E-state index contributed by atoms with van der Waals surface area (Å²) in [5.41, 5.74) is 1.10. The third kappa shape index (κ3) is 4.69. The minimum absolute atomic E-state index is 0.208. The van der Waals surface area contributed by atoms with Crippen LogP contribution in [0.4, 0.5) is 0 Å². The van der Waals surface area contributed by atoms with E-state index in [-0.39, 0.29) is 5.82 Å². The van der Waals surface area contributed by atoms with Gasteiger partial charge in [0.05, 0.1) is 27.0 Å². The van der Waals surface area contributed by atoms with E-state index in [4.69, 9.17) is 30.9 Å². The molecule has 0 atom stereocenters. The molecule has 10 nitrogen and oxygen atoms in total. The maximum atomic E-state index is 12.4. The number of halogens is 1. The Hall–Kier alpha value is -3.79. The van der Waals surface area contributed by atoms with Gasteiger partial charge in [0.2, 0.25) is 11.6 Å². The fourth-order valence-electron chi connectivity index (χ4n) is 2.80. The van der Waals surface area contributed by atoms with E-state index in [1.54, 1.807) is 36.4 Å². The number of carbonyl (C=O) groups excluding carboxylic acids is 1. The SMILES string of the molecule is COc1cc(-c2nc(C(=O)NCC(=O)O)nn2-c2ccc(Cl)cc2)cc(OC)c1OC. The summed E-state index contributed by atoms with van der Waals surface area (Å²) in [6.07, 6.45) is 0. The molecule has 1 amide bonds. The fraction of sp³-hybridized carbons (Fsp3) is 0.200. The Morgan fingerprint density at radius 2 is 1.68 bits per heavy atom. The van der Waals surface area contributed by atoms with E-state index >= 15 is 0 Å². The lowest BCUT2D eigenvalue weighted by molar-refractivity contribution is -0.135. The second-order valence-electron chi connectivity index (χ2n) is 6.14. The second-order valence-corrected chi connectivity index (χ2v) is 6.57. The summed E-state index contributed by atoms with van der Waals surface area (Å²) in [5.74, 6) is -0.661. The minimum atomic E-state index is -1.18. The number of methoxy groups -OCH3 is 3. The Bertz CT molecular complexity index is 1090. The third-order valence-electron chi connectivity index (χ3n) is 4.20. The van der Waals surface area contributed by atoms with Gasteiger partial charge in [0.25, 0.3) is 5.91 Å². The standard InChI is InChI=1S/C20H19ClN4O6/c1-29-14-8-11(9-15(30-2)17(14)31-3)19-23-18(20(28)22-10-16(26)27)24-25(19)13-6-4-12(21)5-7-13/h4-9H,10H2,1-3H3,(H,22,28)(H,26,27). The summed E-state index contributed by atoms with van der Waals surface area (Å²) in [4.78, 5) is 27.5. The molecule has 2 N–H and O–H groups in total. The van der Waals surface area contributed by atoms with E-state index in [1.807, 2.05) is 0 Å². The maximum absolute atomic E-state index is 12.4. The highest BCUT2D eigenvalue weighted by Crippen LogP contribution is 2.41. The molecule has 162 valence electrons. The number of carbonyl (C=O) groups is 2. The average Bonchev–Trinajstić information content (AvgIpc) is 3.22. The number of rotatable bonds is 8. The summed E-state index contributed by atoms with van der Waals surface area (Å²) >= 11 is 5.98. The van der Waals surface area contributed by atoms with Crippen LogP contribution >= 0.6 is 11.6 Å². The number of carboxylic acids is 1. The van der Waals surface area contributed by atoms with Crippen molar-refractivity contribution in [2.75, 3.05) is 27.9 Å². The normalized spacial score (nSPS) is 10.5. The summed E-state index contributed by atoms with van der Waals surface area (Å²) in [5, 5.41) is 15.8. The first-order valence-corrected chi connectivity index (χ1v) is 9.29. The Balaban J connectivity index is 2.17. The van der Waals surface area contributed by atoms with Crippen molar-refractivity contribution in [2.24, 2.45) is 0 Å². The van der Waals surface area contributed by atoms with Gasteiger partial charge in [-0.15, -0.1) is 5.10 Å². The molecule has 0 aliphatic heterocycles. The number of amides is 1. The van der Waals surface area contributed by atoms with Gasteiger partial charge < -0.3 is 24.6 Å². The summed E-state index contributed by atoms with van der Waals surface area (Å²) in [6.45, 7) is -0.562. The zero-order valence-corrected chi connectivity index (χ0v) is 17.6. The Labute approximate surface area is 182 Å². The van der Waals surface area contributed by atoms with Crippen LogP contribution in [0.1, 0.15) is 10.6 Å². The van der Waals surface area contributed by atoms with Crippen molar-refractivity contribution in [3.63, 3.8) is 0 Å². The molecule has 31 heavy (non-hydrogen) atoms. The molecule has 0 fully saturated rings.